The largest absolute Gasteiger partial charge is 0.355 e. The van der Waals surface area contributed by atoms with Gasteiger partial charge < -0.3 is 10.6 Å². The number of hydrogen-bond donors (Lipinski definition) is 2. The first-order valence-electron chi connectivity index (χ1n) is 21.7. The van der Waals surface area contributed by atoms with Crippen molar-refractivity contribution in [2.75, 3.05) is 10.6 Å². The molecule has 63 heavy (non-hydrogen) atoms. The van der Waals surface area contributed by atoms with Crippen molar-refractivity contribution < 1.29 is 0 Å². The van der Waals surface area contributed by atoms with Crippen LogP contribution in [-0.4, -0.2) is 0 Å². The van der Waals surface area contributed by atoms with E-state index in [0.29, 0.717) is 0 Å². The fourth-order valence-corrected chi connectivity index (χ4v) is 9.73. The molecule has 0 saturated heterocycles. The molecule has 0 aliphatic heterocycles. The Labute approximate surface area is 369 Å². The van der Waals surface area contributed by atoms with Crippen molar-refractivity contribution >= 4 is 22.7 Å². The summed E-state index contributed by atoms with van der Waals surface area (Å²) in [5.41, 5.74) is 20.5. The summed E-state index contributed by atoms with van der Waals surface area (Å²) in [6.07, 6.45) is 0. The van der Waals surface area contributed by atoms with E-state index in [1.807, 2.05) is 0 Å². The lowest BCUT2D eigenvalue weighted by molar-refractivity contribution is 0.770. The highest BCUT2D eigenvalue weighted by Crippen LogP contribution is 2.59. The van der Waals surface area contributed by atoms with Crippen LogP contribution >= 0.6 is 0 Å². The summed E-state index contributed by atoms with van der Waals surface area (Å²) in [6, 6.07) is 92.1. The zero-order valence-electron chi connectivity index (χ0n) is 34.7. The van der Waals surface area contributed by atoms with E-state index >= 15 is 0 Å². The Hall–Kier alpha value is -8.20. The van der Waals surface area contributed by atoms with Gasteiger partial charge in [0.2, 0.25) is 0 Å². The predicted octanol–water partition coefficient (Wildman–Crippen LogP) is 16.2. The summed E-state index contributed by atoms with van der Waals surface area (Å²) in [4.78, 5) is 0. The molecule has 0 spiro atoms. The van der Waals surface area contributed by atoms with Crippen LogP contribution in [0.3, 0.4) is 0 Å². The van der Waals surface area contributed by atoms with Gasteiger partial charge in [-0.05, 0) is 115 Å². The monoisotopic (exact) mass is 804 g/mol. The first-order valence-corrected chi connectivity index (χ1v) is 21.7. The number of rotatable bonds is 10. The third kappa shape index (κ3) is 6.89. The van der Waals surface area contributed by atoms with Gasteiger partial charge in [0, 0.05) is 33.9 Å². The fourth-order valence-electron chi connectivity index (χ4n) is 9.73. The predicted molar refractivity (Wildman–Crippen MR) is 265 cm³/mol. The summed E-state index contributed by atoms with van der Waals surface area (Å²) in [7, 11) is 0. The van der Waals surface area contributed by atoms with E-state index in [2.05, 4.69) is 265 Å². The van der Waals surface area contributed by atoms with E-state index in [1.165, 1.54) is 50.1 Å². The number of benzene rings is 10. The molecule has 1 aliphatic rings. The molecule has 0 amide bonds. The number of hydrogen-bond acceptors (Lipinski definition) is 2. The maximum absolute atomic E-state index is 3.84. The van der Waals surface area contributed by atoms with Crippen LogP contribution in [0.15, 0.2) is 255 Å². The third-order valence-corrected chi connectivity index (χ3v) is 12.5. The lowest BCUT2D eigenvalue weighted by Gasteiger charge is -2.35. The van der Waals surface area contributed by atoms with Crippen LogP contribution in [0.1, 0.15) is 22.3 Å². The summed E-state index contributed by atoms with van der Waals surface area (Å²) < 4.78 is 0. The van der Waals surface area contributed by atoms with Gasteiger partial charge in [-0.15, -0.1) is 0 Å². The van der Waals surface area contributed by atoms with Crippen LogP contribution in [0.5, 0.6) is 0 Å². The molecule has 0 heterocycles. The number of para-hydroxylation sites is 2. The molecule has 10 aromatic rings. The van der Waals surface area contributed by atoms with Crippen molar-refractivity contribution in [2.24, 2.45) is 0 Å². The van der Waals surface area contributed by atoms with Crippen LogP contribution in [0.2, 0.25) is 0 Å². The standard InChI is InChI=1S/C61H44N2/c1-5-20-43(21-6-1)45-23-18-31-51(41-45)63-58-37-16-14-32-52(58)47-24-17-22-44(40-47)46-38-39-59(62-50-29-11-4-12-30-50)56(42-46)55-35-19-34-54-53-33-13-15-36-57(53)61(60(54)55,48-25-7-2-8-26-48)49-27-9-3-10-28-49/h1-42,62-63H. The second-order valence-corrected chi connectivity index (χ2v) is 16.2. The lowest BCUT2D eigenvalue weighted by atomic mass is 9.66. The molecule has 298 valence electrons. The van der Waals surface area contributed by atoms with Crippen LogP contribution in [0.4, 0.5) is 22.7 Å². The van der Waals surface area contributed by atoms with E-state index in [1.54, 1.807) is 0 Å². The average Bonchev–Trinajstić information content (AvgIpc) is 3.67. The summed E-state index contributed by atoms with van der Waals surface area (Å²) >= 11 is 0. The lowest BCUT2D eigenvalue weighted by Crippen LogP contribution is -2.29. The fraction of sp³-hybridized carbons (Fsp3) is 0.0164. The Morgan fingerprint density at radius 2 is 0.714 bits per heavy atom. The minimum atomic E-state index is -0.553. The number of nitrogens with one attached hydrogen (secondary N) is 2. The van der Waals surface area contributed by atoms with Gasteiger partial charge in [-0.3, -0.25) is 0 Å². The van der Waals surface area contributed by atoms with Gasteiger partial charge in [-0.1, -0.05) is 206 Å². The quantitative estimate of drug-likeness (QED) is 0.144. The number of anilines is 4. The summed E-state index contributed by atoms with van der Waals surface area (Å²) in [5.74, 6) is 0. The van der Waals surface area contributed by atoms with Gasteiger partial charge in [0.25, 0.3) is 0 Å². The Kier molecular flexibility index (Phi) is 9.80. The SMILES string of the molecule is c1ccc(Nc2ccc(-c3cccc(-c4ccccc4Nc4cccc(-c5ccccc5)c4)c3)cc2-c2cccc3c2C(c2ccccc2)(c2ccccc2)c2ccccc2-3)cc1. The third-order valence-electron chi connectivity index (χ3n) is 12.5. The van der Waals surface area contributed by atoms with Gasteiger partial charge in [-0.2, -0.15) is 0 Å². The van der Waals surface area contributed by atoms with E-state index in [0.717, 1.165) is 50.6 Å². The molecule has 2 nitrogen and oxygen atoms in total. The van der Waals surface area contributed by atoms with Crippen LogP contribution in [0.25, 0.3) is 55.6 Å². The molecule has 0 radical (unpaired) electrons. The minimum Gasteiger partial charge on any atom is -0.355 e. The molecule has 0 atom stereocenters. The first kappa shape index (κ1) is 37.8. The van der Waals surface area contributed by atoms with Crippen molar-refractivity contribution in [2.45, 2.75) is 5.41 Å². The van der Waals surface area contributed by atoms with Crippen LogP contribution in [0, 0.1) is 0 Å². The molecule has 0 saturated carbocycles. The van der Waals surface area contributed by atoms with Crippen LogP contribution < -0.4 is 10.6 Å². The molecular formula is C61H44N2. The number of fused-ring (bicyclic) bond motifs is 3. The molecule has 0 fully saturated rings. The molecule has 10 aromatic carbocycles. The Bertz CT molecular complexity index is 3170. The summed E-state index contributed by atoms with van der Waals surface area (Å²) in [6.45, 7) is 0. The zero-order chi connectivity index (χ0) is 42.0. The molecular weight excluding hydrogens is 761 g/mol. The van der Waals surface area contributed by atoms with Crippen LogP contribution in [-0.2, 0) is 5.41 Å². The highest BCUT2D eigenvalue weighted by atomic mass is 14.9. The van der Waals surface area contributed by atoms with E-state index in [4.69, 9.17) is 0 Å². The molecule has 0 unspecified atom stereocenters. The van der Waals surface area contributed by atoms with Gasteiger partial charge in [0.05, 0.1) is 5.41 Å². The van der Waals surface area contributed by atoms with E-state index in [9.17, 15) is 0 Å². The topological polar surface area (TPSA) is 24.1 Å². The summed E-state index contributed by atoms with van der Waals surface area (Å²) in [5, 5.41) is 7.60. The zero-order valence-corrected chi connectivity index (χ0v) is 34.7. The minimum absolute atomic E-state index is 0.553. The van der Waals surface area contributed by atoms with E-state index < -0.39 is 5.41 Å². The van der Waals surface area contributed by atoms with Crippen molar-refractivity contribution in [3.05, 3.63) is 277 Å². The van der Waals surface area contributed by atoms with Gasteiger partial charge in [-0.25, -0.2) is 0 Å². The molecule has 0 aromatic heterocycles. The highest BCUT2D eigenvalue weighted by molar-refractivity contribution is 5.97. The van der Waals surface area contributed by atoms with Gasteiger partial charge in [0.1, 0.15) is 0 Å². The first-order chi connectivity index (χ1) is 31.2. The van der Waals surface area contributed by atoms with E-state index in [-0.39, 0.29) is 0 Å². The smallest absolute Gasteiger partial charge is 0.0719 e. The molecule has 2 N–H and O–H groups in total. The van der Waals surface area contributed by atoms with Crippen molar-refractivity contribution in [3.63, 3.8) is 0 Å². The van der Waals surface area contributed by atoms with Crippen molar-refractivity contribution in [3.8, 4) is 55.6 Å². The Balaban J connectivity index is 1.07. The second-order valence-electron chi connectivity index (χ2n) is 16.2. The Morgan fingerprint density at radius 1 is 0.254 bits per heavy atom. The van der Waals surface area contributed by atoms with Gasteiger partial charge in [0.15, 0.2) is 0 Å². The maximum atomic E-state index is 3.84. The normalized spacial score (nSPS) is 12.3. The van der Waals surface area contributed by atoms with Crippen molar-refractivity contribution in [1.82, 2.24) is 0 Å². The molecule has 0 bridgehead atoms. The highest BCUT2D eigenvalue weighted by Gasteiger charge is 2.47. The van der Waals surface area contributed by atoms with Gasteiger partial charge >= 0.3 is 0 Å². The van der Waals surface area contributed by atoms with Crippen molar-refractivity contribution in [1.29, 1.82) is 0 Å². The molecule has 1 aliphatic carbocycles. The molecule has 2 heteroatoms. The average molecular weight is 805 g/mol. The maximum Gasteiger partial charge on any atom is 0.0719 e. The molecule has 11 rings (SSSR count). The second kappa shape index (κ2) is 16.3. The Morgan fingerprint density at radius 3 is 1.44 bits per heavy atom.